The van der Waals surface area contributed by atoms with Gasteiger partial charge in [0.25, 0.3) is 0 Å². The molecule has 72 valence electrons. The molecule has 0 aromatic heterocycles. The SMILES string of the molecule is CC(O)COc1cc(Cl)ccc1F. The quantitative estimate of drug-likeness (QED) is 0.818. The summed E-state index contributed by atoms with van der Waals surface area (Å²) in [6, 6.07) is 4.03. The molecule has 1 atom stereocenters. The molecule has 0 aliphatic carbocycles. The van der Waals surface area contributed by atoms with E-state index in [0.29, 0.717) is 5.02 Å². The minimum absolute atomic E-state index is 0.0528. The summed E-state index contributed by atoms with van der Waals surface area (Å²) < 4.78 is 17.9. The van der Waals surface area contributed by atoms with Crippen LogP contribution in [0.3, 0.4) is 0 Å². The number of halogens is 2. The van der Waals surface area contributed by atoms with E-state index < -0.39 is 11.9 Å². The molecule has 0 saturated carbocycles. The molecule has 0 aliphatic rings. The lowest BCUT2D eigenvalue weighted by atomic mass is 10.3. The van der Waals surface area contributed by atoms with Crippen LogP contribution >= 0.6 is 11.6 Å². The first-order valence-corrected chi connectivity index (χ1v) is 4.23. The fraction of sp³-hybridized carbons (Fsp3) is 0.333. The summed E-state index contributed by atoms with van der Waals surface area (Å²) in [4.78, 5) is 0. The predicted molar refractivity (Wildman–Crippen MR) is 48.6 cm³/mol. The summed E-state index contributed by atoms with van der Waals surface area (Å²) in [7, 11) is 0. The van der Waals surface area contributed by atoms with E-state index in [1.165, 1.54) is 18.2 Å². The second-order valence-corrected chi connectivity index (χ2v) is 3.17. The number of benzene rings is 1. The maximum Gasteiger partial charge on any atom is 0.165 e. The number of ether oxygens (including phenoxy) is 1. The Morgan fingerprint density at radius 2 is 2.31 bits per heavy atom. The molecule has 0 bridgehead atoms. The third-order valence-corrected chi connectivity index (χ3v) is 1.61. The molecule has 1 aromatic carbocycles. The van der Waals surface area contributed by atoms with Gasteiger partial charge >= 0.3 is 0 Å². The molecule has 0 aliphatic heterocycles. The van der Waals surface area contributed by atoms with Gasteiger partial charge in [-0.3, -0.25) is 0 Å². The maximum atomic E-state index is 13.0. The highest BCUT2D eigenvalue weighted by Crippen LogP contribution is 2.21. The summed E-state index contributed by atoms with van der Waals surface area (Å²) >= 11 is 5.62. The number of hydrogen-bond donors (Lipinski definition) is 1. The van der Waals surface area contributed by atoms with Gasteiger partial charge in [0.05, 0.1) is 6.10 Å². The zero-order valence-corrected chi connectivity index (χ0v) is 7.88. The van der Waals surface area contributed by atoms with Gasteiger partial charge in [-0.1, -0.05) is 11.6 Å². The van der Waals surface area contributed by atoms with E-state index in [2.05, 4.69) is 0 Å². The number of rotatable bonds is 3. The van der Waals surface area contributed by atoms with E-state index >= 15 is 0 Å². The largest absolute Gasteiger partial charge is 0.488 e. The van der Waals surface area contributed by atoms with Crippen LogP contribution in [-0.4, -0.2) is 17.8 Å². The molecule has 2 nitrogen and oxygen atoms in total. The zero-order chi connectivity index (χ0) is 9.84. The lowest BCUT2D eigenvalue weighted by molar-refractivity contribution is 0.120. The van der Waals surface area contributed by atoms with Gasteiger partial charge in [0.2, 0.25) is 0 Å². The molecule has 1 unspecified atom stereocenters. The van der Waals surface area contributed by atoms with Crippen LogP contribution in [0.4, 0.5) is 4.39 Å². The molecule has 0 spiro atoms. The van der Waals surface area contributed by atoms with Gasteiger partial charge in [-0.05, 0) is 19.1 Å². The van der Waals surface area contributed by atoms with E-state index in [-0.39, 0.29) is 12.4 Å². The minimum atomic E-state index is -0.626. The first-order chi connectivity index (χ1) is 6.09. The highest BCUT2D eigenvalue weighted by atomic mass is 35.5. The average molecular weight is 205 g/mol. The van der Waals surface area contributed by atoms with Crippen molar-refractivity contribution >= 4 is 11.6 Å². The molecule has 0 radical (unpaired) electrons. The van der Waals surface area contributed by atoms with Gasteiger partial charge in [-0.2, -0.15) is 0 Å². The van der Waals surface area contributed by atoms with Crippen LogP contribution in [-0.2, 0) is 0 Å². The first kappa shape index (κ1) is 10.3. The standard InChI is InChI=1S/C9H10ClFO2/c1-6(12)5-13-9-4-7(10)2-3-8(9)11/h2-4,6,12H,5H2,1H3. The third-order valence-electron chi connectivity index (χ3n) is 1.37. The molecule has 0 amide bonds. The number of aliphatic hydroxyl groups excluding tert-OH is 1. The molecule has 1 aromatic rings. The second-order valence-electron chi connectivity index (χ2n) is 2.73. The van der Waals surface area contributed by atoms with Crippen LogP contribution < -0.4 is 4.74 Å². The summed E-state index contributed by atoms with van der Waals surface area (Å²) in [5.74, 6) is -0.418. The summed E-state index contributed by atoms with van der Waals surface area (Å²) in [6.45, 7) is 1.61. The molecule has 13 heavy (non-hydrogen) atoms. The van der Waals surface area contributed by atoms with E-state index in [0.717, 1.165) is 0 Å². The van der Waals surface area contributed by atoms with E-state index in [1.807, 2.05) is 0 Å². The fourth-order valence-corrected chi connectivity index (χ4v) is 0.960. The average Bonchev–Trinajstić information content (AvgIpc) is 2.06. The second kappa shape index (κ2) is 4.44. The Morgan fingerprint density at radius 1 is 1.62 bits per heavy atom. The molecule has 0 fully saturated rings. The van der Waals surface area contributed by atoms with Crippen molar-refractivity contribution in [2.75, 3.05) is 6.61 Å². The van der Waals surface area contributed by atoms with Crippen molar-refractivity contribution in [1.29, 1.82) is 0 Å². The van der Waals surface area contributed by atoms with Crippen LogP contribution in [0.25, 0.3) is 0 Å². The van der Waals surface area contributed by atoms with Gasteiger partial charge in [-0.25, -0.2) is 4.39 Å². The Morgan fingerprint density at radius 3 is 2.92 bits per heavy atom. The predicted octanol–water partition coefficient (Wildman–Crippen LogP) is 2.24. The highest BCUT2D eigenvalue weighted by Gasteiger charge is 2.05. The molecule has 0 heterocycles. The van der Waals surface area contributed by atoms with Crippen molar-refractivity contribution in [1.82, 2.24) is 0 Å². The molecular weight excluding hydrogens is 195 g/mol. The van der Waals surface area contributed by atoms with Gasteiger partial charge in [-0.15, -0.1) is 0 Å². The van der Waals surface area contributed by atoms with Crippen LogP contribution in [0, 0.1) is 5.82 Å². The maximum absolute atomic E-state index is 13.0. The van der Waals surface area contributed by atoms with Crippen LogP contribution in [0.5, 0.6) is 5.75 Å². The van der Waals surface area contributed by atoms with E-state index in [9.17, 15) is 4.39 Å². The van der Waals surface area contributed by atoms with Crippen LogP contribution in [0.2, 0.25) is 5.02 Å². The van der Waals surface area contributed by atoms with Crippen molar-refractivity contribution in [2.24, 2.45) is 0 Å². The van der Waals surface area contributed by atoms with Crippen LogP contribution in [0.15, 0.2) is 18.2 Å². The Hall–Kier alpha value is -0.800. The van der Waals surface area contributed by atoms with Gasteiger partial charge in [0.1, 0.15) is 6.61 Å². The Bertz CT molecular complexity index is 289. The molecule has 1 N–H and O–H groups in total. The minimum Gasteiger partial charge on any atom is -0.488 e. The van der Waals surface area contributed by atoms with E-state index in [4.69, 9.17) is 21.4 Å². The number of aliphatic hydroxyl groups is 1. The van der Waals surface area contributed by atoms with Crippen molar-refractivity contribution < 1.29 is 14.2 Å². The lowest BCUT2D eigenvalue weighted by Crippen LogP contribution is -2.13. The topological polar surface area (TPSA) is 29.5 Å². The third kappa shape index (κ3) is 3.20. The highest BCUT2D eigenvalue weighted by molar-refractivity contribution is 6.30. The van der Waals surface area contributed by atoms with Crippen molar-refractivity contribution in [3.63, 3.8) is 0 Å². The number of hydrogen-bond acceptors (Lipinski definition) is 2. The van der Waals surface area contributed by atoms with Crippen molar-refractivity contribution in [2.45, 2.75) is 13.0 Å². The molecular formula is C9H10ClFO2. The van der Waals surface area contributed by atoms with Crippen molar-refractivity contribution in [3.05, 3.63) is 29.0 Å². The Balaban J connectivity index is 2.70. The summed E-state index contributed by atoms with van der Waals surface area (Å²) in [6.07, 6.45) is -0.626. The van der Waals surface area contributed by atoms with Gasteiger partial charge in [0.15, 0.2) is 11.6 Å². The Kier molecular flexibility index (Phi) is 3.51. The molecule has 0 saturated heterocycles. The smallest absolute Gasteiger partial charge is 0.165 e. The summed E-state index contributed by atoms with van der Waals surface area (Å²) in [5.41, 5.74) is 0. The van der Waals surface area contributed by atoms with E-state index in [1.54, 1.807) is 6.92 Å². The molecule has 4 heteroatoms. The van der Waals surface area contributed by atoms with Gasteiger partial charge < -0.3 is 9.84 Å². The van der Waals surface area contributed by atoms with Crippen LogP contribution in [0.1, 0.15) is 6.92 Å². The molecule has 1 rings (SSSR count). The lowest BCUT2D eigenvalue weighted by Gasteiger charge is -2.08. The zero-order valence-electron chi connectivity index (χ0n) is 7.13. The first-order valence-electron chi connectivity index (χ1n) is 3.85. The summed E-state index contributed by atoms with van der Waals surface area (Å²) in [5, 5.41) is 9.30. The monoisotopic (exact) mass is 204 g/mol. The van der Waals surface area contributed by atoms with Crippen molar-refractivity contribution in [3.8, 4) is 5.75 Å². The fourth-order valence-electron chi connectivity index (χ4n) is 0.798. The Labute approximate surface area is 80.9 Å². The van der Waals surface area contributed by atoms with Gasteiger partial charge in [0, 0.05) is 11.1 Å². The normalized spacial score (nSPS) is 12.6.